The minimum Gasteiger partial charge on any atom is -0.486 e. The monoisotopic (exact) mass is 299 g/mol. The second kappa shape index (κ2) is 5.46. The van der Waals surface area contributed by atoms with Crippen molar-refractivity contribution in [3.8, 4) is 22.9 Å². The topological polar surface area (TPSA) is 67.7 Å². The molecular weight excluding hydrogens is 282 g/mol. The van der Waals surface area contributed by atoms with E-state index >= 15 is 0 Å². The van der Waals surface area contributed by atoms with E-state index in [2.05, 4.69) is 14.9 Å². The number of nitrogens with zero attached hydrogens (tertiary/aromatic N) is 3. The van der Waals surface area contributed by atoms with Crippen LogP contribution in [0.5, 0.6) is 11.5 Å². The van der Waals surface area contributed by atoms with Crippen LogP contribution in [-0.4, -0.2) is 47.5 Å². The predicted molar refractivity (Wildman–Crippen MR) is 81.3 cm³/mol. The van der Waals surface area contributed by atoms with E-state index in [1.165, 1.54) is 0 Å². The Morgan fingerprint density at radius 3 is 2.82 bits per heavy atom. The zero-order valence-electron chi connectivity index (χ0n) is 12.1. The van der Waals surface area contributed by atoms with Gasteiger partial charge in [0.15, 0.2) is 17.3 Å². The van der Waals surface area contributed by atoms with Crippen molar-refractivity contribution in [1.82, 2.24) is 9.97 Å². The van der Waals surface area contributed by atoms with Crippen LogP contribution >= 0.6 is 0 Å². The van der Waals surface area contributed by atoms with Crippen LogP contribution < -0.4 is 14.4 Å². The maximum absolute atomic E-state index is 9.66. The van der Waals surface area contributed by atoms with Gasteiger partial charge < -0.3 is 19.5 Å². The molecule has 1 atom stereocenters. The Labute approximate surface area is 128 Å². The van der Waals surface area contributed by atoms with Gasteiger partial charge in [-0.25, -0.2) is 9.97 Å². The Balaban J connectivity index is 1.65. The lowest BCUT2D eigenvalue weighted by atomic mass is 10.2. The molecule has 1 aromatic heterocycles. The van der Waals surface area contributed by atoms with E-state index in [9.17, 15) is 5.11 Å². The number of fused-ring (bicyclic) bond motifs is 1. The van der Waals surface area contributed by atoms with E-state index in [-0.39, 0.29) is 6.10 Å². The van der Waals surface area contributed by atoms with Crippen LogP contribution in [0.2, 0.25) is 0 Å². The van der Waals surface area contributed by atoms with Crippen molar-refractivity contribution in [3.05, 3.63) is 30.5 Å². The van der Waals surface area contributed by atoms with Gasteiger partial charge in [-0.15, -0.1) is 0 Å². The Morgan fingerprint density at radius 1 is 1.14 bits per heavy atom. The maximum atomic E-state index is 9.66. The van der Waals surface area contributed by atoms with Gasteiger partial charge in [-0.2, -0.15) is 0 Å². The van der Waals surface area contributed by atoms with Gasteiger partial charge in [0.2, 0.25) is 0 Å². The first-order valence-electron chi connectivity index (χ1n) is 7.46. The van der Waals surface area contributed by atoms with Gasteiger partial charge in [0.1, 0.15) is 19.0 Å². The number of benzene rings is 1. The molecule has 6 heteroatoms. The molecule has 0 saturated carbocycles. The van der Waals surface area contributed by atoms with Crippen molar-refractivity contribution >= 4 is 5.82 Å². The van der Waals surface area contributed by atoms with Gasteiger partial charge >= 0.3 is 0 Å². The fraction of sp³-hybridized carbons (Fsp3) is 0.375. The van der Waals surface area contributed by atoms with E-state index in [1.54, 1.807) is 6.20 Å². The van der Waals surface area contributed by atoms with Gasteiger partial charge in [-0.1, -0.05) is 0 Å². The number of rotatable bonds is 2. The third kappa shape index (κ3) is 2.46. The number of aliphatic hydroxyl groups is 1. The molecule has 0 bridgehead atoms. The maximum Gasteiger partial charge on any atom is 0.162 e. The molecule has 2 aromatic rings. The molecule has 4 rings (SSSR count). The highest BCUT2D eigenvalue weighted by Crippen LogP contribution is 2.33. The van der Waals surface area contributed by atoms with Crippen molar-refractivity contribution in [3.63, 3.8) is 0 Å². The summed E-state index contributed by atoms with van der Waals surface area (Å²) >= 11 is 0. The van der Waals surface area contributed by atoms with Crippen LogP contribution in [0, 0.1) is 0 Å². The normalized spacial score (nSPS) is 20.2. The lowest BCUT2D eigenvalue weighted by Crippen LogP contribution is -2.22. The number of anilines is 1. The summed E-state index contributed by atoms with van der Waals surface area (Å²) in [5, 5.41) is 9.66. The van der Waals surface area contributed by atoms with Gasteiger partial charge in [0, 0.05) is 24.8 Å². The Bertz CT molecular complexity index is 692. The highest BCUT2D eigenvalue weighted by atomic mass is 16.6. The number of aromatic nitrogens is 2. The quantitative estimate of drug-likeness (QED) is 0.906. The average molecular weight is 299 g/mol. The van der Waals surface area contributed by atoms with Crippen LogP contribution in [-0.2, 0) is 0 Å². The van der Waals surface area contributed by atoms with Crippen LogP contribution in [0.25, 0.3) is 11.4 Å². The highest BCUT2D eigenvalue weighted by Gasteiger charge is 2.22. The molecule has 22 heavy (non-hydrogen) atoms. The third-order valence-corrected chi connectivity index (χ3v) is 3.93. The fourth-order valence-electron chi connectivity index (χ4n) is 2.80. The first-order chi connectivity index (χ1) is 10.8. The summed E-state index contributed by atoms with van der Waals surface area (Å²) in [7, 11) is 0. The molecule has 1 fully saturated rings. The lowest BCUT2D eigenvalue weighted by Gasteiger charge is -2.19. The first kappa shape index (κ1) is 13.3. The van der Waals surface area contributed by atoms with Crippen molar-refractivity contribution in [2.45, 2.75) is 12.5 Å². The summed E-state index contributed by atoms with van der Waals surface area (Å²) in [6.45, 7) is 2.58. The smallest absolute Gasteiger partial charge is 0.162 e. The molecule has 1 saturated heterocycles. The Kier molecular flexibility index (Phi) is 3.31. The average Bonchev–Trinajstić information content (AvgIpc) is 3.01. The van der Waals surface area contributed by atoms with Crippen molar-refractivity contribution in [1.29, 1.82) is 0 Å². The molecule has 0 unspecified atom stereocenters. The summed E-state index contributed by atoms with van der Waals surface area (Å²) < 4.78 is 11.1. The van der Waals surface area contributed by atoms with Crippen molar-refractivity contribution in [2.75, 3.05) is 31.2 Å². The summed E-state index contributed by atoms with van der Waals surface area (Å²) in [6.07, 6.45) is 2.26. The van der Waals surface area contributed by atoms with Gasteiger partial charge in [-0.3, -0.25) is 0 Å². The van der Waals surface area contributed by atoms with Gasteiger partial charge in [0.25, 0.3) is 0 Å². The first-order valence-corrected chi connectivity index (χ1v) is 7.46. The molecule has 1 aromatic carbocycles. The second-order valence-electron chi connectivity index (χ2n) is 5.49. The summed E-state index contributed by atoms with van der Waals surface area (Å²) in [5.41, 5.74) is 0.894. The Morgan fingerprint density at radius 2 is 2.00 bits per heavy atom. The minimum absolute atomic E-state index is 0.271. The number of aliphatic hydroxyl groups excluding tert-OH is 1. The predicted octanol–water partition coefficient (Wildman–Crippen LogP) is 1.49. The van der Waals surface area contributed by atoms with Crippen molar-refractivity contribution in [2.24, 2.45) is 0 Å². The molecule has 0 amide bonds. The Hall–Kier alpha value is -2.34. The molecule has 0 spiro atoms. The van der Waals surface area contributed by atoms with Crippen molar-refractivity contribution < 1.29 is 14.6 Å². The third-order valence-electron chi connectivity index (χ3n) is 3.93. The molecule has 3 heterocycles. The number of hydrogen-bond acceptors (Lipinski definition) is 6. The number of hydrogen-bond donors (Lipinski definition) is 1. The molecule has 2 aliphatic heterocycles. The van der Waals surface area contributed by atoms with Gasteiger partial charge in [-0.05, 0) is 30.7 Å². The zero-order valence-corrected chi connectivity index (χ0v) is 12.1. The van der Waals surface area contributed by atoms with E-state index in [0.717, 1.165) is 35.8 Å². The number of β-amino-alcohol motifs (C(OH)–C–C–N with tert-alkyl or cyclic N) is 1. The molecular formula is C16H17N3O3. The van der Waals surface area contributed by atoms with Crippen LogP contribution in [0.1, 0.15) is 6.42 Å². The summed E-state index contributed by atoms with van der Waals surface area (Å²) in [5.74, 6) is 2.98. The second-order valence-corrected chi connectivity index (χ2v) is 5.49. The molecule has 114 valence electrons. The van der Waals surface area contributed by atoms with E-state index in [1.807, 2.05) is 24.3 Å². The molecule has 0 radical (unpaired) electrons. The lowest BCUT2D eigenvalue weighted by molar-refractivity contribution is 0.171. The SMILES string of the molecule is O[C@@H]1CCN(c2ccnc(-c3ccc4c(c3)OCCO4)n2)C1. The van der Waals surface area contributed by atoms with Crippen LogP contribution in [0.4, 0.5) is 5.82 Å². The van der Waals surface area contributed by atoms with Crippen LogP contribution in [0.15, 0.2) is 30.5 Å². The van der Waals surface area contributed by atoms with Crippen LogP contribution in [0.3, 0.4) is 0 Å². The summed E-state index contributed by atoms with van der Waals surface area (Å²) in [4.78, 5) is 11.0. The number of ether oxygens (including phenoxy) is 2. The highest BCUT2D eigenvalue weighted by molar-refractivity contribution is 5.62. The van der Waals surface area contributed by atoms with Gasteiger partial charge in [0.05, 0.1) is 6.10 Å². The molecule has 6 nitrogen and oxygen atoms in total. The zero-order chi connectivity index (χ0) is 14.9. The summed E-state index contributed by atoms with van der Waals surface area (Å²) in [6, 6.07) is 7.61. The van der Waals surface area contributed by atoms with E-state index in [0.29, 0.717) is 25.6 Å². The van der Waals surface area contributed by atoms with E-state index < -0.39 is 0 Å². The largest absolute Gasteiger partial charge is 0.486 e. The minimum atomic E-state index is -0.271. The standard InChI is InChI=1S/C16H17N3O3/c20-12-4-6-19(10-12)15-3-5-17-16(18-15)11-1-2-13-14(9-11)22-8-7-21-13/h1-3,5,9,12,20H,4,6-8,10H2/t12-/m1/s1. The van der Waals surface area contributed by atoms with E-state index in [4.69, 9.17) is 9.47 Å². The molecule has 2 aliphatic rings. The molecule has 0 aliphatic carbocycles. The fourth-order valence-corrected chi connectivity index (χ4v) is 2.80. The molecule has 1 N–H and O–H groups in total.